The van der Waals surface area contributed by atoms with Crippen molar-refractivity contribution in [2.75, 3.05) is 13.1 Å². The minimum atomic E-state index is 0.0909. The summed E-state index contributed by atoms with van der Waals surface area (Å²) in [5, 5.41) is 3.13. The number of likely N-dealkylation sites (tertiary alicyclic amines) is 1. The molecule has 0 aliphatic carbocycles. The van der Waals surface area contributed by atoms with E-state index >= 15 is 0 Å². The zero-order chi connectivity index (χ0) is 17.6. The van der Waals surface area contributed by atoms with Gasteiger partial charge in [-0.05, 0) is 55.1 Å². The van der Waals surface area contributed by atoms with Gasteiger partial charge in [-0.1, -0.05) is 52.3 Å². The van der Waals surface area contributed by atoms with Crippen LogP contribution in [0.5, 0.6) is 0 Å². The molecule has 1 aliphatic heterocycles. The second-order valence-corrected chi connectivity index (χ2v) is 7.76. The number of benzene rings is 2. The Morgan fingerprint density at radius 1 is 1.20 bits per heavy atom. The lowest BCUT2D eigenvalue weighted by atomic mass is 9.96. The zero-order valence-electron chi connectivity index (χ0n) is 14.7. The van der Waals surface area contributed by atoms with E-state index in [0.29, 0.717) is 6.54 Å². The molecular weight excluding hydrogens is 376 g/mol. The van der Waals surface area contributed by atoms with E-state index in [1.165, 1.54) is 16.7 Å². The molecule has 1 fully saturated rings. The van der Waals surface area contributed by atoms with Crippen LogP contribution in [0.25, 0.3) is 0 Å². The molecule has 3 rings (SSSR count). The fourth-order valence-electron chi connectivity index (χ4n) is 3.40. The van der Waals surface area contributed by atoms with E-state index in [0.717, 1.165) is 36.9 Å². The van der Waals surface area contributed by atoms with Crippen LogP contribution < -0.4 is 5.32 Å². The summed E-state index contributed by atoms with van der Waals surface area (Å²) >= 11 is 3.47. The number of hydrogen-bond donors (Lipinski definition) is 1. The minimum Gasteiger partial charge on any atom is -0.352 e. The molecule has 1 saturated heterocycles. The fraction of sp³-hybridized carbons (Fsp3) is 0.381. The molecule has 1 amide bonds. The minimum absolute atomic E-state index is 0.0909. The van der Waals surface area contributed by atoms with Gasteiger partial charge in [-0.3, -0.25) is 9.69 Å². The van der Waals surface area contributed by atoms with Crippen LogP contribution in [0.4, 0.5) is 0 Å². The number of carbonyl (C=O) groups excluding carboxylic acids is 1. The van der Waals surface area contributed by atoms with Crippen molar-refractivity contribution in [3.8, 4) is 0 Å². The lowest BCUT2D eigenvalue weighted by Gasteiger charge is -2.32. The molecule has 0 saturated carbocycles. The summed E-state index contributed by atoms with van der Waals surface area (Å²) in [6.07, 6.45) is 2.06. The normalized spacial score (nSPS) is 18.1. The molecule has 0 bridgehead atoms. The van der Waals surface area contributed by atoms with Crippen molar-refractivity contribution in [2.24, 2.45) is 5.92 Å². The SMILES string of the molecule is Cc1ccccc1CNC(=O)C1CCCN(Cc2ccc(Br)cc2)C1. The average Bonchev–Trinajstić information content (AvgIpc) is 2.63. The number of amides is 1. The van der Waals surface area contributed by atoms with Crippen molar-refractivity contribution in [3.63, 3.8) is 0 Å². The molecule has 1 heterocycles. The molecule has 0 aromatic heterocycles. The maximum absolute atomic E-state index is 12.6. The molecule has 25 heavy (non-hydrogen) atoms. The Morgan fingerprint density at radius 2 is 1.96 bits per heavy atom. The molecule has 2 aromatic rings. The van der Waals surface area contributed by atoms with Crippen molar-refractivity contribution < 1.29 is 4.79 Å². The number of rotatable bonds is 5. The van der Waals surface area contributed by atoms with Crippen molar-refractivity contribution in [1.82, 2.24) is 10.2 Å². The van der Waals surface area contributed by atoms with E-state index in [4.69, 9.17) is 0 Å². The molecule has 1 N–H and O–H groups in total. The van der Waals surface area contributed by atoms with Gasteiger partial charge in [0.1, 0.15) is 0 Å². The van der Waals surface area contributed by atoms with E-state index in [1.807, 2.05) is 12.1 Å². The molecular formula is C21H25BrN2O. The fourth-order valence-corrected chi connectivity index (χ4v) is 3.66. The Hall–Kier alpha value is -1.65. The van der Waals surface area contributed by atoms with Gasteiger partial charge in [0.25, 0.3) is 0 Å². The summed E-state index contributed by atoms with van der Waals surface area (Å²) in [4.78, 5) is 15.0. The van der Waals surface area contributed by atoms with E-state index in [-0.39, 0.29) is 11.8 Å². The van der Waals surface area contributed by atoms with Gasteiger partial charge in [-0.15, -0.1) is 0 Å². The van der Waals surface area contributed by atoms with Crippen LogP contribution in [0.15, 0.2) is 53.0 Å². The molecule has 132 valence electrons. The molecule has 1 aliphatic rings. The first-order valence-electron chi connectivity index (χ1n) is 8.91. The quantitative estimate of drug-likeness (QED) is 0.811. The second kappa shape index (κ2) is 8.63. The average molecular weight is 401 g/mol. The number of aryl methyl sites for hydroxylation is 1. The summed E-state index contributed by atoms with van der Waals surface area (Å²) in [5.41, 5.74) is 3.71. The first-order chi connectivity index (χ1) is 12.1. The molecule has 4 heteroatoms. The first-order valence-corrected chi connectivity index (χ1v) is 9.70. The third-order valence-electron chi connectivity index (χ3n) is 4.91. The number of nitrogens with one attached hydrogen (secondary N) is 1. The summed E-state index contributed by atoms with van der Waals surface area (Å²) in [5.74, 6) is 0.275. The Balaban J connectivity index is 1.52. The van der Waals surface area contributed by atoms with Gasteiger partial charge in [0.15, 0.2) is 0 Å². The molecule has 0 spiro atoms. The van der Waals surface area contributed by atoms with Crippen molar-refractivity contribution in [2.45, 2.75) is 32.9 Å². The maximum atomic E-state index is 12.6. The highest BCUT2D eigenvalue weighted by Gasteiger charge is 2.25. The zero-order valence-corrected chi connectivity index (χ0v) is 16.3. The number of nitrogens with zero attached hydrogens (tertiary/aromatic N) is 1. The standard InChI is InChI=1S/C21H25BrN2O/c1-16-5-2-3-6-18(16)13-23-21(25)19-7-4-12-24(15-19)14-17-8-10-20(22)11-9-17/h2-3,5-6,8-11,19H,4,7,12-15H2,1H3,(H,23,25). The van der Waals surface area contributed by atoms with Crippen LogP contribution in [-0.2, 0) is 17.9 Å². The van der Waals surface area contributed by atoms with Crippen molar-refractivity contribution >= 4 is 21.8 Å². The topological polar surface area (TPSA) is 32.3 Å². The first kappa shape index (κ1) is 18.2. The number of carbonyl (C=O) groups is 1. The maximum Gasteiger partial charge on any atom is 0.224 e. The monoisotopic (exact) mass is 400 g/mol. The Labute approximate surface area is 158 Å². The highest BCUT2D eigenvalue weighted by Crippen LogP contribution is 2.20. The van der Waals surface area contributed by atoms with Gasteiger partial charge in [0.2, 0.25) is 5.91 Å². The van der Waals surface area contributed by atoms with E-state index in [1.54, 1.807) is 0 Å². The van der Waals surface area contributed by atoms with Crippen LogP contribution in [0, 0.1) is 12.8 Å². The van der Waals surface area contributed by atoms with Gasteiger partial charge in [0.05, 0.1) is 5.92 Å². The third kappa shape index (κ3) is 5.16. The number of halogens is 1. The van der Waals surface area contributed by atoms with Crippen molar-refractivity contribution in [1.29, 1.82) is 0 Å². The van der Waals surface area contributed by atoms with Gasteiger partial charge in [-0.25, -0.2) is 0 Å². The van der Waals surface area contributed by atoms with Gasteiger partial charge >= 0.3 is 0 Å². The predicted octanol–water partition coefficient (Wildman–Crippen LogP) is 4.29. The summed E-state index contributed by atoms with van der Waals surface area (Å²) < 4.78 is 1.10. The summed E-state index contributed by atoms with van der Waals surface area (Å²) in [7, 11) is 0. The van der Waals surface area contributed by atoms with Crippen LogP contribution in [0.2, 0.25) is 0 Å². The van der Waals surface area contributed by atoms with Crippen molar-refractivity contribution in [3.05, 3.63) is 69.7 Å². The summed E-state index contributed by atoms with van der Waals surface area (Å²) in [6, 6.07) is 16.7. The molecule has 2 aromatic carbocycles. The third-order valence-corrected chi connectivity index (χ3v) is 5.44. The Morgan fingerprint density at radius 3 is 2.72 bits per heavy atom. The van der Waals surface area contributed by atoms with Gasteiger partial charge in [-0.2, -0.15) is 0 Å². The predicted molar refractivity (Wildman–Crippen MR) is 105 cm³/mol. The van der Waals surface area contributed by atoms with Crippen LogP contribution >= 0.6 is 15.9 Å². The summed E-state index contributed by atoms with van der Waals surface area (Å²) in [6.45, 7) is 5.53. The van der Waals surface area contributed by atoms with Crippen LogP contribution in [-0.4, -0.2) is 23.9 Å². The number of piperidine rings is 1. The Bertz CT molecular complexity index is 714. The smallest absolute Gasteiger partial charge is 0.224 e. The van der Waals surface area contributed by atoms with Gasteiger partial charge in [0, 0.05) is 24.1 Å². The molecule has 1 unspecified atom stereocenters. The molecule has 1 atom stereocenters. The van der Waals surface area contributed by atoms with E-state index in [9.17, 15) is 4.79 Å². The van der Waals surface area contributed by atoms with Gasteiger partial charge < -0.3 is 5.32 Å². The number of hydrogen-bond acceptors (Lipinski definition) is 2. The lowest BCUT2D eigenvalue weighted by molar-refractivity contribution is -0.126. The molecule has 0 radical (unpaired) electrons. The Kier molecular flexibility index (Phi) is 6.27. The van der Waals surface area contributed by atoms with Crippen LogP contribution in [0.1, 0.15) is 29.5 Å². The van der Waals surface area contributed by atoms with E-state index in [2.05, 4.69) is 69.5 Å². The largest absolute Gasteiger partial charge is 0.352 e. The lowest BCUT2D eigenvalue weighted by Crippen LogP contribution is -2.42. The van der Waals surface area contributed by atoms with Crippen LogP contribution in [0.3, 0.4) is 0 Å². The highest BCUT2D eigenvalue weighted by molar-refractivity contribution is 9.10. The van der Waals surface area contributed by atoms with E-state index < -0.39 is 0 Å². The second-order valence-electron chi connectivity index (χ2n) is 6.85. The molecule has 3 nitrogen and oxygen atoms in total. The highest BCUT2D eigenvalue weighted by atomic mass is 79.9.